The van der Waals surface area contributed by atoms with Crippen LogP contribution in [0.4, 0.5) is 5.82 Å². The van der Waals surface area contributed by atoms with Gasteiger partial charge in [-0.05, 0) is 6.42 Å². The topological polar surface area (TPSA) is 90.9 Å². The van der Waals surface area contributed by atoms with Crippen LogP contribution in [0.15, 0.2) is 6.20 Å². The van der Waals surface area contributed by atoms with Crippen LogP contribution in [-0.2, 0) is 9.84 Å². The third-order valence-electron chi connectivity index (χ3n) is 2.11. The Morgan fingerprint density at radius 3 is 2.85 bits per heavy atom. The fraction of sp³-hybridized carbons (Fsp3) is 0.667. The van der Waals surface area contributed by atoms with Crippen LogP contribution in [0, 0.1) is 0 Å². The van der Waals surface area contributed by atoms with E-state index in [9.17, 15) is 8.42 Å². The summed E-state index contributed by atoms with van der Waals surface area (Å²) >= 11 is 0. The molecule has 1 unspecified atom stereocenters. The largest absolute Gasteiger partial charge is 0.381 e. The number of rotatable bonds is 1. The number of hydrogen-bond donors (Lipinski definition) is 1. The predicted octanol–water partition coefficient (Wildman–Crippen LogP) is -0.780. The van der Waals surface area contributed by atoms with Crippen LogP contribution in [0.3, 0.4) is 0 Å². The monoisotopic (exact) mass is 202 g/mol. The lowest BCUT2D eigenvalue weighted by Crippen LogP contribution is -2.11. The van der Waals surface area contributed by atoms with E-state index in [2.05, 4.69) is 10.3 Å². The van der Waals surface area contributed by atoms with Crippen molar-refractivity contribution in [3.8, 4) is 0 Å². The van der Waals surface area contributed by atoms with Crippen LogP contribution >= 0.6 is 0 Å². The van der Waals surface area contributed by atoms with Gasteiger partial charge in [-0.3, -0.25) is 0 Å². The summed E-state index contributed by atoms with van der Waals surface area (Å²) in [6.45, 7) is 0. The van der Waals surface area contributed by atoms with E-state index in [1.807, 2.05) is 0 Å². The van der Waals surface area contributed by atoms with Gasteiger partial charge in [-0.15, -0.1) is 5.10 Å². The molecule has 72 valence electrons. The third-order valence-corrected chi connectivity index (χ3v) is 3.86. The summed E-state index contributed by atoms with van der Waals surface area (Å²) in [6, 6.07) is -0.0881. The number of nitrogen functional groups attached to an aromatic ring is 1. The minimum atomic E-state index is -2.86. The van der Waals surface area contributed by atoms with Gasteiger partial charge >= 0.3 is 0 Å². The molecular formula is C6H10N4O2S. The molecular weight excluding hydrogens is 192 g/mol. The van der Waals surface area contributed by atoms with Crippen molar-refractivity contribution < 1.29 is 8.42 Å². The Hall–Kier alpha value is -1.11. The molecule has 2 rings (SSSR count). The molecule has 1 aromatic heterocycles. The molecule has 2 N–H and O–H groups in total. The summed E-state index contributed by atoms with van der Waals surface area (Å²) in [4.78, 5) is 0. The molecule has 7 heteroatoms. The minimum Gasteiger partial charge on any atom is -0.381 e. The fourth-order valence-electron chi connectivity index (χ4n) is 1.45. The van der Waals surface area contributed by atoms with E-state index in [0.717, 1.165) is 0 Å². The first-order valence-corrected chi connectivity index (χ1v) is 5.77. The van der Waals surface area contributed by atoms with Crippen LogP contribution in [0.2, 0.25) is 0 Å². The lowest BCUT2D eigenvalue weighted by molar-refractivity contribution is 0.484. The standard InChI is InChI=1S/C6H10N4O2S/c7-6-3-10(9-8-6)5-1-2-13(11,12)4-5/h3,5H,1-2,4,7H2. The molecule has 6 nitrogen and oxygen atoms in total. The number of hydrogen-bond acceptors (Lipinski definition) is 5. The number of aromatic nitrogens is 3. The molecule has 1 aliphatic rings. The Balaban J connectivity index is 2.21. The number of nitrogens with zero attached hydrogens (tertiary/aromatic N) is 3. The number of nitrogens with two attached hydrogens (primary N) is 1. The Morgan fingerprint density at radius 2 is 2.38 bits per heavy atom. The van der Waals surface area contributed by atoms with Crippen molar-refractivity contribution in [1.82, 2.24) is 15.0 Å². The molecule has 13 heavy (non-hydrogen) atoms. The molecule has 0 bridgehead atoms. The molecule has 0 aliphatic carbocycles. The quantitative estimate of drug-likeness (QED) is 0.645. The molecule has 0 aromatic carbocycles. The van der Waals surface area contributed by atoms with E-state index >= 15 is 0 Å². The Labute approximate surface area is 75.6 Å². The van der Waals surface area contributed by atoms with Crippen molar-refractivity contribution in [1.29, 1.82) is 0 Å². The van der Waals surface area contributed by atoms with Gasteiger partial charge in [0.2, 0.25) is 0 Å². The molecule has 1 fully saturated rings. The van der Waals surface area contributed by atoms with E-state index < -0.39 is 9.84 Å². The van der Waals surface area contributed by atoms with Crippen molar-refractivity contribution in [2.24, 2.45) is 0 Å². The molecule has 1 atom stereocenters. The highest BCUT2D eigenvalue weighted by Gasteiger charge is 2.29. The average molecular weight is 202 g/mol. The molecule has 1 aromatic rings. The lowest BCUT2D eigenvalue weighted by Gasteiger charge is -2.04. The zero-order chi connectivity index (χ0) is 9.47. The summed E-state index contributed by atoms with van der Waals surface area (Å²) in [7, 11) is -2.86. The van der Waals surface area contributed by atoms with Crippen LogP contribution in [0.25, 0.3) is 0 Å². The van der Waals surface area contributed by atoms with Gasteiger partial charge in [0.25, 0.3) is 0 Å². The normalized spacial score (nSPS) is 26.3. The second-order valence-electron chi connectivity index (χ2n) is 3.18. The second kappa shape index (κ2) is 2.69. The highest BCUT2D eigenvalue weighted by molar-refractivity contribution is 7.91. The summed E-state index contributed by atoms with van der Waals surface area (Å²) in [6.07, 6.45) is 2.16. The maximum Gasteiger partial charge on any atom is 0.165 e. The highest BCUT2D eigenvalue weighted by Crippen LogP contribution is 2.22. The van der Waals surface area contributed by atoms with E-state index in [4.69, 9.17) is 5.73 Å². The van der Waals surface area contributed by atoms with Gasteiger partial charge in [0, 0.05) is 0 Å². The van der Waals surface area contributed by atoms with E-state index in [1.54, 1.807) is 6.20 Å². The van der Waals surface area contributed by atoms with Gasteiger partial charge in [0.1, 0.15) is 0 Å². The van der Waals surface area contributed by atoms with E-state index in [-0.39, 0.29) is 17.5 Å². The van der Waals surface area contributed by atoms with Gasteiger partial charge in [-0.25, -0.2) is 13.1 Å². The van der Waals surface area contributed by atoms with Gasteiger partial charge in [0.15, 0.2) is 15.7 Å². The minimum absolute atomic E-state index is 0.0881. The van der Waals surface area contributed by atoms with E-state index in [0.29, 0.717) is 12.2 Å². The number of anilines is 1. The van der Waals surface area contributed by atoms with Crippen LogP contribution in [-0.4, -0.2) is 34.9 Å². The van der Waals surface area contributed by atoms with Crippen molar-refractivity contribution in [3.63, 3.8) is 0 Å². The molecule has 0 spiro atoms. The van der Waals surface area contributed by atoms with Gasteiger partial charge < -0.3 is 5.73 Å². The predicted molar refractivity (Wildman–Crippen MR) is 46.7 cm³/mol. The molecule has 0 saturated carbocycles. The number of sulfone groups is 1. The SMILES string of the molecule is Nc1cn(C2CCS(=O)(=O)C2)nn1. The Morgan fingerprint density at radius 1 is 1.62 bits per heavy atom. The smallest absolute Gasteiger partial charge is 0.165 e. The van der Waals surface area contributed by atoms with Crippen molar-refractivity contribution in [2.45, 2.75) is 12.5 Å². The maximum absolute atomic E-state index is 11.1. The first-order chi connectivity index (χ1) is 6.07. The van der Waals surface area contributed by atoms with Gasteiger partial charge in [-0.2, -0.15) is 0 Å². The molecule has 0 amide bonds. The average Bonchev–Trinajstić information content (AvgIpc) is 2.56. The first-order valence-electron chi connectivity index (χ1n) is 3.94. The van der Waals surface area contributed by atoms with Crippen molar-refractivity contribution in [3.05, 3.63) is 6.20 Å². The maximum atomic E-state index is 11.1. The zero-order valence-corrected chi connectivity index (χ0v) is 7.74. The fourth-order valence-corrected chi connectivity index (χ4v) is 3.16. The van der Waals surface area contributed by atoms with E-state index in [1.165, 1.54) is 4.68 Å². The first kappa shape index (κ1) is 8.49. The molecule has 1 saturated heterocycles. The summed E-state index contributed by atoms with van der Waals surface area (Å²) in [5.74, 6) is 0.706. The highest BCUT2D eigenvalue weighted by atomic mass is 32.2. The van der Waals surface area contributed by atoms with Crippen molar-refractivity contribution in [2.75, 3.05) is 17.2 Å². The summed E-state index contributed by atoms with van der Waals surface area (Å²) in [5, 5.41) is 7.35. The molecule has 1 aliphatic heterocycles. The van der Waals surface area contributed by atoms with Gasteiger partial charge in [0.05, 0.1) is 23.7 Å². The Bertz CT molecular complexity index is 410. The Kier molecular flexibility index (Phi) is 1.76. The molecule has 0 radical (unpaired) electrons. The zero-order valence-electron chi connectivity index (χ0n) is 6.92. The summed E-state index contributed by atoms with van der Waals surface area (Å²) < 4.78 is 23.8. The van der Waals surface area contributed by atoms with Crippen LogP contribution < -0.4 is 5.73 Å². The second-order valence-corrected chi connectivity index (χ2v) is 5.41. The third kappa shape index (κ3) is 1.64. The van der Waals surface area contributed by atoms with Crippen LogP contribution in [0.5, 0.6) is 0 Å². The van der Waals surface area contributed by atoms with Crippen LogP contribution in [0.1, 0.15) is 12.5 Å². The van der Waals surface area contributed by atoms with Gasteiger partial charge in [-0.1, -0.05) is 5.21 Å². The summed E-state index contributed by atoms with van der Waals surface area (Å²) in [5.41, 5.74) is 5.37. The van der Waals surface area contributed by atoms with Crippen molar-refractivity contribution >= 4 is 15.7 Å². The lowest BCUT2D eigenvalue weighted by atomic mass is 10.3. The molecule has 2 heterocycles.